The number of carboxylic acid groups (broad SMARTS) is 1. The molecule has 0 aliphatic heterocycles. The number of para-hydroxylation sites is 1. The third kappa shape index (κ3) is 4.83. The van der Waals surface area contributed by atoms with Crippen LogP contribution >= 0.6 is 11.6 Å². The fourth-order valence-corrected chi connectivity index (χ4v) is 4.24. The molecule has 2 aromatic heterocycles. The smallest absolute Gasteiger partial charge is 0.344 e. The summed E-state index contributed by atoms with van der Waals surface area (Å²) >= 11 is 6.11. The lowest BCUT2D eigenvalue weighted by molar-refractivity contribution is -0.386. The highest BCUT2D eigenvalue weighted by molar-refractivity contribution is 6.31. The molecule has 0 radical (unpaired) electrons. The summed E-state index contributed by atoms with van der Waals surface area (Å²) in [7, 11) is 1.52. The van der Waals surface area contributed by atoms with Crippen LogP contribution in [0.15, 0.2) is 75.0 Å². The minimum Gasteiger partial charge on any atom is -0.496 e. The molecule has 0 fully saturated rings. The zero-order valence-electron chi connectivity index (χ0n) is 20.9. The van der Waals surface area contributed by atoms with Gasteiger partial charge in [-0.1, -0.05) is 29.8 Å². The van der Waals surface area contributed by atoms with E-state index in [9.17, 15) is 24.8 Å². The molecule has 3 aromatic carbocycles. The molecule has 2 heterocycles. The monoisotopic (exact) mass is 562 g/mol. The molecule has 0 bridgehead atoms. The van der Waals surface area contributed by atoms with E-state index >= 15 is 0 Å². The molecule has 0 amide bonds. The van der Waals surface area contributed by atoms with Gasteiger partial charge in [0.1, 0.15) is 11.3 Å². The number of aromatic nitrogens is 2. The molecule has 202 valence electrons. The first-order chi connectivity index (χ1) is 19.2. The Kier molecular flexibility index (Phi) is 6.92. The summed E-state index contributed by atoms with van der Waals surface area (Å²) in [5, 5.41) is 26.2. The van der Waals surface area contributed by atoms with E-state index in [0.29, 0.717) is 22.2 Å². The molecular formula is C27H19ClN4O8. The topological polar surface area (TPSA) is 159 Å². The Morgan fingerprint density at radius 1 is 1.20 bits per heavy atom. The van der Waals surface area contributed by atoms with Crippen LogP contribution in [-0.2, 0) is 4.79 Å². The Labute approximate surface area is 229 Å². The van der Waals surface area contributed by atoms with Crippen LogP contribution < -0.4 is 15.0 Å². The fraction of sp³-hybridized carbons (Fsp3) is 0.111. The van der Waals surface area contributed by atoms with E-state index < -0.39 is 28.2 Å². The SMILES string of the molecule is COc1cccc2oc(-c3nc4ccccc4c(=O)n3N=Cc3cc(Cl)cc([N+](=O)[O-])c3O[C@@H](C)C(=O)O)cc12. The van der Waals surface area contributed by atoms with Gasteiger partial charge in [0.2, 0.25) is 11.6 Å². The molecular weight excluding hydrogens is 544 g/mol. The number of hydrogen-bond acceptors (Lipinski definition) is 9. The number of furan rings is 1. The van der Waals surface area contributed by atoms with Gasteiger partial charge in [-0.05, 0) is 43.3 Å². The van der Waals surface area contributed by atoms with Gasteiger partial charge in [-0.2, -0.15) is 9.78 Å². The van der Waals surface area contributed by atoms with Gasteiger partial charge in [0.05, 0.1) is 34.5 Å². The molecule has 12 nitrogen and oxygen atoms in total. The number of ether oxygens (including phenoxy) is 2. The number of rotatable bonds is 8. The van der Waals surface area contributed by atoms with E-state index in [1.54, 1.807) is 48.5 Å². The molecule has 0 spiro atoms. The first kappa shape index (κ1) is 26.4. The summed E-state index contributed by atoms with van der Waals surface area (Å²) in [6.07, 6.45) is -0.328. The van der Waals surface area contributed by atoms with Crippen molar-refractivity contribution in [2.24, 2.45) is 5.10 Å². The maximum Gasteiger partial charge on any atom is 0.344 e. The van der Waals surface area contributed by atoms with Gasteiger partial charge in [-0.25, -0.2) is 9.78 Å². The van der Waals surface area contributed by atoms with Crippen LogP contribution in [0.2, 0.25) is 5.02 Å². The summed E-state index contributed by atoms with van der Waals surface area (Å²) in [4.78, 5) is 40.5. The quantitative estimate of drug-likeness (QED) is 0.154. The lowest BCUT2D eigenvalue weighted by atomic mass is 10.2. The van der Waals surface area contributed by atoms with Crippen LogP contribution in [0.4, 0.5) is 5.69 Å². The zero-order valence-corrected chi connectivity index (χ0v) is 21.7. The van der Waals surface area contributed by atoms with Crippen LogP contribution in [0.1, 0.15) is 12.5 Å². The number of carboxylic acids is 1. The molecule has 5 rings (SSSR count). The largest absolute Gasteiger partial charge is 0.496 e. The van der Waals surface area contributed by atoms with Gasteiger partial charge in [0.15, 0.2) is 11.9 Å². The van der Waals surface area contributed by atoms with Crippen molar-refractivity contribution in [2.45, 2.75) is 13.0 Å². The Hall–Kier alpha value is -5.23. The van der Waals surface area contributed by atoms with Crippen LogP contribution in [0.5, 0.6) is 11.5 Å². The van der Waals surface area contributed by atoms with E-state index in [1.165, 1.54) is 20.1 Å². The Balaban J connectivity index is 1.74. The summed E-state index contributed by atoms with van der Waals surface area (Å²) in [5.74, 6) is -0.940. The molecule has 0 aliphatic carbocycles. The van der Waals surface area contributed by atoms with Gasteiger partial charge in [-0.15, -0.1) is 0 Å². The fourth-order valence-electron chi connectivity index (χ4n) is 4.02. The van der Waals surface area contributed by atoms with Crippen molar-refractivity contribution < 1.29 is 28.7 Å². The Bertz CT molecular complexity index is 1900. The normalized spacial score (nSPS) is 12.2. The maximum atomic E-state index is 13.6. The van der Waals surface area contributed by atoms with Gasteiger partial charge < -0.3 is 19.0 Å². The van der Waals surface area contributed by atoms with E-state index in [4.69, 9.17) is 25.5 Å². The van der Waals surface area contributed by atoms with Crippen molar-refractivity contribution in [3.8, 4) is 23.1 Å². The van der Waals surface area contributed by atoms with Gasteiger partial charge in [0.25, 0.3) is 5.56 Å². The average Bonchev–Trinajstić information content (AvgIpc) is 3.37. The second kappa shape index (κ2) is 10.5. The molecule has 0 aliphatic rings. The number of carbonyl (C=O) groups is 1. The molecule has 1 atom stereocenters. The van der Waals surface area contributed by atoms with Gasteiger partial charge >= 0.3 is 11.7 Å². The lowest BCUT2D eigenvalue weighted by Gasteiger charge is -2.13. The number of hydrogen-bond donors (Lipinski definition) is 1. The highest BCUT2D eigenvalue weighted by Crippen LogP contribution is 2.35. The lowest BCUT2D eigenvalue weighted by Crippen LogP contribution is -2.24. The van der Waals surface area contributed by atoms with Gasteiger partial charge in [0, 0.05) is 16.7 Å². The van der Waals surface area contributed by atoms with Crippen molar-refractivity contribution in [2.75, 3.05) is 7.11 Å². The summed E-state index contributed by atoms with van der Waals surface area (Å²) < 4.78 is 17.8. The molecule has 13 heteroatoms. The number of benzene rings is 3. The number of halogens is 1. The van der Waals surface area contributed by atoms with Crippen LogP contribution in [-0.4, -0.2) is 45.1 Å². The van der Waals surface area contributed by atoms with Gasteiger partial charge in [-0.3, -0.25) is 14.9 Å². The van der Waals surface area contributed by atoms with E-state index in [0.717, 1.165) is 17.0 Å². The first-order valence-corrected chi connectivity index (χ1v) is 12.1. The summed E-state index contributed by atoms with van der Waals surface area (Å²) in [6.45, 7) is 1.22. The number of fused-ring (bicyclic) bond motifs is 2. The Morgan fingerprint density at radius 3 is 2.70 bits per heavy atom. The van der Waals surface area contributed by atoms with Crippen molar-refractivity contribution in [3.63, 3.8) is 0 Å². The molecule has 0 unspecified atom stereocenters. The molecule has 40 heavy (non-hydrogen) atoms. The summed E-state index contributed by atoms with van der Waals surface area (Å²) in [5.41, 5.74) is -0.294. The Morgan fingerprint density at radius 2 is 1.98 bits per heavy atom. The number of nitrogens with zero attached hydrogens (tertiary/aromatic N) is 4. The van der Waals surface area contributed by atoms with Crippen LogP contribution in [0.25, 0.3) is 33.5 Å². The van der Waals surface area contributed by atoms with Crippen LogP contribution in [0.3, 0.4) is 0 Å². The zero-order chi connectivity index (χ0) is 28.6. The minimum absolute atomic E-state index is 0.0305. The summed E-state index contributed by atoms with van der Waals surface area (Å²) in [6, 6.07) is 15.9. The molecule has 0 saturated heterocycles. The average molecular weight is 563 g/mol. The third-order valence-corrected chi connectivity index (χ3v) is 6.15. The van der Waals surface area contributed by atoms with Crippen molar-refractivity contribution >= 4 is 51.3 Å². The molecule has 1 N–H and O–H groups in total. The number of nitro groups is 1. The second-order valence-corrected chi connectivity index (χ2v) is 8.93. The standard InChI is InChI=1S/C27H19ClN4O8/c1-14(27(34)35)39-24-15(10-16(28)11-20(24)32(36)37)13-29-31-25(30-19-7-4-3-6-17(19)26(31)33)23-12-18-21(38-2)8-5-9-22(18)40-23/h3-14H,1-2H3,(H,34,35)/t14-/m0/s1. The second-order valence-electron chi connectivity index (χ2n) is 8.50. The predicted molar refractivity (Wildman–Crippen MR) is 147 cm³/mol. The number of aliphatic carboxylic acids is 1. The first-order valence-electron chi connectivity index (χ1n) is 11.7. The number of nitro benzene ring substituents is 1. The molecule has 0 saturated carbocycles. The highest BCUT2D eigenvalue weighted by Gasteiger charge is 2.25. The molecule has 5 aromatic rings. The van der Waals surface area contributed by atoms with Crippen molar-refractivity contribution in [1.29, 1.82) is 0 Å². The predicted octanol–water partition coefficient (Wildman–Crippen LogP) is 5.11. The van der Waals surface area contributed by atoms with Crippen molar-refractivity contribution in [1.82, 2.24) is 9.66 Å². The third-order valence-electron chi connectivity index (χ3n) is 5.93. The van der Waals surface area contributed by atoms with E-state index in [-0.39, 0.29) is 33.3 Å². The maximum absolute atomic E-state index is 13.6. The highest BCUT2D eigenvalue weighted by atomic mass is 35.5. The van der Waals surface area contributed by atoms with E-state index in [2.05, 4.69) is 10.1 Å². The number of methoxy groups -OCH3 is 1. The van der Waals surface area contributed by atoms with Crippen molar-refractivity contribution in [3.05, 3.63) is 91.7 Å². The van der Waals surface area contributed by atoms with Crippen LogP contribution in [0, 0.1) is 10.1 Å². The minimum atomic E-state index is -1.43. The van der Waals surface area contributed by atoms with E-state index in [1.807, 2.05) is 0 Å².